The average molecular weight is 662 g/mol. The van der Waals surface area contributed by atoms with Crippen LogP contribution in [0.3, 0.4) is 0 Å². The van der Waals surface area contributed by atoms with Crippen molar-refractivity contribution in [1.29, 1.82) is 0 Å². The van der Waals surface area contributed by atoms with Crippen LogP contribution in [0.4, 0.5) is 0 Å². The fourth-order valence-electron chi connectivity index (χ4n) is 1.89. The maximum Gasteiger partial charge on any atom is 0.335 e. The number of carboxylic acids is 3. The molecule has 13 heteroatoms. The Kier molecular flexibility index (Phi) is 15.3. The molecule has 0 saturated carbocycles. The third-order valence-electron chi connectivity index (χ3n) is 3.50. The topological polar surface area (TPSA) is 112 Å². The number of benzene rings is 3. The Hall–Kier alpha value is -1.09. The molecule has 0 spiro atoms. The van der Waals surface area contributed by atoms with E-state index in [1.54, 1.807) is 0 Å². The van der Waals surface area contributed by atoms with Gasteiger partial charge in [-0.25, -0.2) is 14.4 Å². The molecule has 0 bridgehead atoms. The molecule has 0 heterocycles. The molecule has 3 rings (SSSR count). The Balaban J connectivity index is 0.000000473. The van der Waals surface area contributed by atoms with Crippen LogP contribution in [-0.2, 0) is 32.7 Å². The van der Waals surface area contributed by atoms with Gasteiger partial charge in [0.2, 0.25) is 0 Å². The van der Waals surface area contributed by atoms with Crippen molar-refractivity contribution < 1.29 is 62.4 Å². The minimum Gasteiger partial charge on any atom is -0.478 e. The first-order valence-corrected chi connectivity index (χ1v) is 10.6. The van der Waals surface area contributed by atoms with E-state index in [2.05, 4.69) is 0 Å². The molecule has 0 atom stereocenters. The third kappa shape index (κ3) is 11.1. The van der Waals surface area contributed by atoms with E-state index in [1.807, 2.05) is 0 Å². The van der Waals surface area contributed by atoms with Gasteiger partial charge in [-0.2, -0.15) is 0 Å². The van der Waals surface area contributed by atoms with Gasteiger partial charge < -0.3 is 15.3 Å². The number of hydrogen-bond donors (Lipinski definition) is 3. The van der Waals surface area contributed by atoms with E-state index in [1.165, 1.54) is 54.6 Å². The van der Waals surface area contributed by atoms with Gasteiger partial charge in [-0.15, -0.1) is 0 Å². The summed E-state index contributed by atoms with van der Waals surface area (Å²) in [6.45, 7) is 0. The summed E-state index contributed by atoms with van der Waals surface area (Å²) in [6.07, 6.45) is 0. The Morgan fingerprint density at radius 1 is 0.441 bits per heavy atom. The third-order valence-corrected chi connectivity index (χ3v) is 5.72. The molecule has 3 aromatic rings. The fourth-order valence-corrected chi connectivity index (χ4v) is 2.78. The molecule has 3 aromatic carbocycles. The van der Waals surface area contributed by atoms with Gasteiger partial charge in [0.05, 0.1) is 46.8 Å². The monoisotopic (exact) mass is 659 g/mol. The van der Waals surface area contributed by atoms with Gasteiger partial charge in [-0.05, 0) is 54.6 Å². The van der Waals surface area contributed by atoms with Crippen molar-refractivity contribution in [1.82, 2.24) is 0 Å². The van der Waals surface area contributed by atoms with E-state index in [-0.39, 0.29) is 64.5 Å². The second-order valence-electron chi connectivity index (χ2n) is 5.80. The summed E-state index contributed by atoms with van der Waals surface area (Å²) in [5.74, 6) is -3.03. The van der Waals surface area contributed by atoms with Crippen molar-refractivity contribution in [3.8, 4) is 0 Å². The number of aromatic carboxylic acids is 3. The number of carboxylic acid groups (broad SMARTS) is 3. The van der Waals surface area contributed by atoms with Crippen LogP contribution in [0.2, 0.25) is 30.1 Å². The van der Waals surface area contributed by atoms with Gasteiger partial charge in [0.1, 0.15) is 0 Å². The standard InChI is InChI=1S/3C7H4Cl2O2.Y/c3*8-5-2-1-4(7(10)11)3-6(5)9;/h3*1-3H,(H,10,11);. The zero-order chi connectivity index (χ0) is 25.3. The van der Waals surface area contributed by atoms with Gasteiger partial charge in [0.15, 0.2) is 0 Å². The molecular formula is C21H12Cl6O6Y. The second kappa shape index (κ2) is 15.8. The second-order valence-corrected chi connectivity index (χ2v) is 8.25. The Morgan fingerprint density at radius 2 is 0.647 bits per heavy atom. The molecular weight excluding hydrogens is 650 g/mol. The van der Waals surface area contributed by atoms with E-state index < -0.39 is 17.9 Å². The van der Waals surface area contributed by atoms with Gasteiger partial charge in [0, 0.05) is 32.7 Å². The first-order chi connectivity index (χ1) is 15.3. The SMILES string of the molecule is O=C(O)c1ccc(Cl)c(Cl)c1.O=C(O)c1ccc(Cl)c(Cl)c1.O=C(O)c1ccc(Cl)c(Cl)c1.[Y]. The summed E-state index contributed by atoms with van der Waals surface area (Å²) in [7, 11) is 0. The minimum atomic E-state index is -1.01. The summed E-state index contributed by atoms with van der Waals surface area (Å²) in [5, 5.41) is 27.3. The molecule has 1 radical (unpaired) electrons. The van der Waals surface area contributed by atoms with Gasteiger partial charge >= 0.3 is 17.9 Å². The van der Waals surface area contributed by atoms with Crippen LogP contribution in [0.15, 0.2) is 54.6 Å². The molecule has 177 valence electrons. The van der Waals surface area contributed by atoms with Crippen LogP contribution in [0.25, 0.3) is 0 Å². The Bertz CT molecular complexity index is 1040. The summed E-state index contributed by atoms with van der Waals surface area (Å²) < 4.78 is 0. The molecule has 0 unspecified atom stereocenters. The van der Waals surface area contributed by atoms with Crippen molar-refractivity contribution >= 4 is 87.5 Å². The van der Waals surface area contributed by atoms with Crippen molar-refractivity contribution in [2.24, 2.45) is 0 Å². The molecule has 0 aromatic heterocycles. The van der Waals surface area contributed by atoms with Crippen LogP contribution >= 0.6 is 69.6 Å². The van der Waals surface area contributed by atoms with Crippen LogP contribution < -0.4 is 0 Å². The number of rotatable bonds is 3. The largest absolute Gasteiger partial charge is 0.478 e. The van der Waals surface area contributed by atoms with Gasteiger partial charge in [0.25, 0.3) is 0 Å². The van der Waals surface area contributed by atoms with Crippen molar-refractivity contribution in [3.05, 3.63) is 101 Å². The molecule has 0 aliphatic rings. The quantitative estimate of drug-likeness (QED) is 0.262. The van der Waals surface area contributed by atoms with Crippen LogP contribution in [-0.4, -0.2) is 33.2 Å². The Labute approximate surface area is 249 Å². The van der Waals surface area contributed by atoms with Crippen LogP contribution in [0.5, 0.6) is 0 Å². The van der Waals surface area contributed by atoms with Crippen molar-refractivity contribution in [2.75, 3.05) is 0 Å². The zero-order valence-corrected chi connectivity index (χ0v) is 24.0. The molecule has 34 heavy (non-hydrogen) atoms. The van der Waals surface area contributed by atoms with Gasteiger partial charge in [-0.3, -0.25) is 0 Å². The normalized spacial score (nSPS) is 9.35. The van der Waals surface area contributed by atoms with E-state index in [0.29, 0.717) is 15.1 Å². The maximum absolute atomic E-state index is 10.4. The van der Waals surface area contributed by atoms with E-state index in [4.69, 9.17) is 84.9 Å². The van der Waals surface area contributed by atoms with Crippen LogP contribution in [0, 0.1) is 0 Å². The smallest absolute Gasteiger partial charge is 0.335 e. The maximum atomic E-state index is 10.4. The predicted octanol–water partition coefficient (Wildman–Crippen LogP) is 8.07. The predicted molar refractivity (Wildman–Crippen MR) is 130 cm³/mol. The number of carbonyl (C=O) groups is 3. The van der Waals surface area contributed by atoms with Gasteiger partial charge in [-0.1, -0.05) is 69.6 Å². The first kappa shape index (κ1) is 32.9. The molecule has 0 fully saturated rings. The van der Waals surface area contributed by atoms with Crippen LogP contribution in [0.1, 0.15) is 31.1 Å². The molecule has 0 amide bonds. The molecule has 6 nitrogen and oxygen atoms in total. The molecule has 0 aliphatic carbocycles. The fraction of sp³-hybridized carbons (Fsp3) is 0. The summed E-state index contributed by atoms with van der Waals surface area (Å²) in [6, 6.07) is 12.5. The summed E-state index contributed by atoms with van der Waals surface area (Å²) in [4.78, 5) is 31.1. The van der Waals surface area contributed by atoms with E-state index in [9.17, 15) is 14.4 Å². The minimum absolute atomic E-state index is 0. The summed E-state index contributed by atoms with van der Waals surface area (Å²) >= 11 is 33.4. The van der Waals surface area contributed by atoms with Crippen molar-refractivity contribution in [2.45, 2.75) is 0 Å². The molecule has 0 saturated heterocycles. The zero-order valence-electron chi connectivity index (χ0n) is 16.6. The average Bonchev–Trinajstić information content (AvgIpc) is 2.74. The first-order valence-electron chi connectivity index (χ1n) is 8.38. The summed E-state index contributed by atoms with van der Waals surface area (Å²) in [5.41, 5.74) is 0.415. The number of hydrogen-bond acceptors (Lipinski definition) is 3. The molecule has 3 N–H and O–H groups in total. The van der Waals surface area contributed by atoms with Crippen molar-refractivity contribution in [3.63, 3.8) is 0 Å². The van der Waals surface area contributed by atoms with E-state index >= 15 is 0 Å². The number of halogens is 6. The van der Waals surface area contributed by atoms with E-state index in [0.717, 1.165) is 0 Å². The molecule has 0 aliphatic heterocycles. The Morgan fingerprint density at radius 3 is 0.794 bits per heavy atom.